The average Bonchev–Trinajstić information content (AvgIpc) is 2.89. The molecule has 3 nitrogen and oxygen atoms in total. The number of hydrogen-bond donors (Lipinski definition) is 2. The van der Waals surface area contributed by atoms with Gasteiger partial charge in [0.2, 0.25) is 0 Å². The van der Waals surface area contributed by atoms with Crippen LogP contribution in [0.5, 0.6) is 0 Å². The Kier molecular flexibility index (Phi) is 4.32. The van der Waals surface area contributed by atoms with Crippen molar-refractivity contribution >= 4 is 11.3 Å². The molecule has 16 heavy (non-hydrogen) atoms. The van der Waals surface area contributed by atoms with Crippen molar-refractivity contribution in [2.45, 2.75) is 26.8 Å². The molecular formula is C12H21N3S. The fourth-order valence-electron chi connectivity index (χ4n) is 2.10. The van der Waals surface area contributed by atoms with Crippen molar-refractivity contribution in [2.75, 3.05) is 19.6 Å². The predicted molar refractivity (Wildman–Crippen MR) is 68.7 cm³/mol. The van der Waals surface area contributed by atoms with Gasteiger partial charge in [0.05, 0.1) is 0 Å². The molecule has 0 saturated carbocycles. The van der Waals surface area contributed by atoms with E-state index >= 15 is 0 Å². The number of nitrogens with one attached hydrogen (secondary N) is 2. The van der Waals surface area contributed by atoms with Crippen molar-refractivity contribution in [3.63, 3.8) is 0 Å². The number of aryl methyl sites for hydroxylation is 1. The SMILES string of the molecule is CCc1cnc(CNC[C@@H]2CNC[C@H]2C)s1. The summed E-state index contributed by atoms with van der Waals surface area (Å²) in [6.45, 7) is 8.86. The highest BCUT2D eigenvalue weighted by Gasteiger charge is 2.22. The van der Waals surface area contributed by atoms with E-state index < -0.39 is 0 Å². The Bertz CT molecular complexity index is 324. The molecule has 0 spiro atoms. The van der Waals surface area contributed by atoms with Gasteiger partial charge in [-0.15, -0.1) is 11.3 Å². The first-order valence-corrected chi connectivity index (χ1v) is 6.96. The maximum absolute atomic E-state index is 4.41. The van der Waals surface area contributed by atoms with Crippen LogP contribution in [0.2, 0.25) is 0 Å². The summed E-state index contributed by atoms with van der Waals surface area (Å²) in [5.41, 5.74) is 0. The molecule has 1 aliphatic heterocycles. The van der Waals surface area contributed by atoms with Gasteiger partial charge in [0.25, 0.3) is 0 Å². The van der Waals surface area contributed by atoms with E-state index in [2.05, 4.69) is 29.5 Å². The maximum Gasteiger partial charge on any atom is 0.107 e. The number of thiazole rings is 1. The molecule has 0 amide bonds. The zero-order valence-corrected chi connectivity index (χ0v) is 10.9. The predicted octanol–water partition coefficient (Wildman–Crippen LogP) is 1.65. The summed E-state index contributed by atoms with van der Waals surface area (Å²) >= 11 is 1.83. The summed E-state index contributed by atoms with van der Waals surface area (Å²) in [5.74, 6) is 1.58. The Morgan fingerprint density at radius 1 is 1.56 bits per heavy atom. The Labute approximate surface area is 102 Å². The molecule has 1 aromatic heterocycles. The van der Waals surface area contributed by atoms with Gasteiger partial charge >= 0.3 is 0 Å². The highest BCUT2D eigenvalue weighted by Crippen LogP contribution is 2.16. The minimum atomic E-state index is 0.783. The van der Waals surface area contributed by atoms with Crippen LogP contribution < -0.4 is 10.6 Å². The minimum Gasteiger partial charge on any atom is -0.316 e. The number of rotatable bonds is 5. The highest BCUT2D eigenvalue weighted by molar-refractivity contribution is 7.11. The Morgan fingerprint density at radius 3 is 3.06 bits per heavy atom. The van der Waals surface area contributed by atoms with E-state index in [-0.39, 0.29) is 0 Å². The zero-order valence-electron chi connectivity index (χ0n) is 10.1. The van der Waals surface area contributed by atoms with E-state index in [1.54, 1.807) is 0 Å². The van der Waals surface area contributed by atoms with Gasteiger partial charge in [0.15, 0.2) is 0 Å². The third-order valence-electron chi connectivity index (χ3n) is 3.31. The molecule has 0 bridgehead atoms. The van der Waals surface area contributed by atoms with Gasteiger partial charge in [0, 0.05) is 17.6 Å². The lowest BCUT2D eigenvalue weighted by atomic mass is 9.98. The molecule has 1 fully saturated rings. The summed E-state index contributed by atoms with van der Waals surface area (Å²) in [5, 5.41) is 8.17. The molecule has 4 heteroatoms. The summed E-state index contributed by atoms with van der Waals surface area (Å²) in [6, 6.07) is 0. The number of nitrogens with zero attached hydrogens (tertiary/aromatic N) is 1. The second kappa shape index (κ2) is 5.75. The number of aromatic nitrogens is 1. The zero-order chi connectivity index (χ0) is 11.4. The van der Waals surface area contributed by atoms with Crippen LogP contribution in [-0.4, -0.2) is 24.6 Å². The van der Waals surface area contributed by atoms with Crippen LogP contribution in [0, 0.1) is 11.8 Å². The van der Waals surface area contributed by atoms with Crippen LogP contribution in [0.25, 0.3) is 0 Å². The first-order chi connectivity index (χ1) is 7.79. The largest absolute Gasteiger partial charge is 0.316 e. The lowest BCUT2D eigenvalue weighted by molar-refractivity contribution is 0.420. The fraction of sp³-hybridized carbons (Fsp3) is 0.750. The third-order valence-corrected chi connectivity index (χ3v) is 4.45. The normalized spacial score (nSPS) is 25.1. The highest BCUT2D eigenvalue weighted by atomic mass is 32.1. The van der Waals surface area contributed by atoms with Crippen molar-refractivity contribution < 1.29 is 0 Å². The Hall–Kier alpha value is -0.450. The lowest BCUT2D eigenvalue weighted by Gasteiger charge is -2.13. The van der Waals surface area contributed by atoms with E-state index in [9.17, 15) is 0 Å². The smallest absolute Gasteiger partial charge is 0.107 e. The average molecular weight is 239 g/mol. The van der Waals surface area contributed by atoms with Crippen molar-refractivity contribution in [3.05, 3.63) is 16.1 Å². The Balaban J connectivity index is 1.71. The van der Waals surface area contributed by atoms with E-state index in [0.29, 0.717) is 0 Å². The molecule has 1 saturated heterocycles. The molecule has 1 aliphatic rings. The standard InChI is InChI=1S/C12H21N3S/c1-3-11-7-15-12(16-11)8-14-6-10-5-13-4-9(10)2/h7,9-10,13-14H,3-6,8H2,1-2H3/t9-,10+/m1/s1. The molecule has 1 aromatic rings. The number of hydrogen-bond acceptors (Lipinski definition) is 4. The van der Waals surface area contributed by atoms with Crippen molar-refractivity contribution in [2.24, 2.45) is 11.8 Å². The van der Waals surface area contributed by atoms with Crippen LogP contribution in [0.15, 0.2) is 6.20 Å². The van der Waals surface area contributed by atoms with Crippen molar-refractivity contribution in [1.82, 2.24) is 15.6 Å². The lowest BCUT2D eigenvalue weighted by Crippen LogP contribution is -2.26. The van der Waals surface area contributed by atoms with Gasteiger partial charge in [-0.2, -0.15) is 0 Å². The molecule has 0 aliphatic carbocycles. The van der Waals surface area contributed by atoms with Gasteiger partial charge in [-0.05, 0) is 37.9 Å². The maximum atomic E-state index is 4.41. The molecule has 2 heterocycles. The van der Waals surface area contributed by atoms with E-state index in [1.807, 2.05) is 17.5 Å². The Morgan fingerprint density at radius 2 is 2.44 bits per heavy atom. The van der Waals surface area contributed by atoms with Crippen LogP contribution >= 0.6 is 11.3 Å². The molecule has 2 N–H and O–H groups in total. The van der Waals surface area contributed by atoms with Gasteiger partial charge in [-0.25, -0.2) is 4.98 Å². The molecule has 2 rings (SSSR count). The van der Waals surface area contributed by atoms with E-state index in [4.69, 9.17) is 0 Å². The van der Waals surface area contributed by atoms with Gasteiger partial charge in [-0.1, -0.05) is 13.8 Å². The molecule has 90 valence electrons. The summed E-state index contributed by atoms with van der Waals surface area (Å²) in [6.07, 6.45) is 3.10. The molecule has 0 aromatic carbocycles. The summed E-state index contributed by atoms with van der Waals surface area (Å²) in [7, 11) is 0. The van der Waals surface area contributed by atoms with Gasteiger partial charge in [0.1, 0.15) is 5.01 Å². The van der Waals surface area contributed by atoms with Crippen LogP contribution in [0.4, 0.5) is 0 Å². The molecular weight excluding hydrogens is 218 g/mol. The first kappa shape index (κ1) is 12.0. The first-order valence-electron chi connectivity index (χ1n) is 6.14. The third kappa shape index (κ3) is 3.03. The van der Waals surface area contributed by atoms with Crippen LogP contribution in [-0.2, 0) is 13.0 Å². The fourth-order valence-corrected chi connectivity index (χ4v) is 2.93. The van der Waals surface area contributed by atoms with Crippen LogP contribution in [0.3, 0.4) is 0 Å². The quantitative estimate of drug-likeness (QED) is 0.820. The van der Waals surface area contributed by atoms with Crippen molar-refractivity contribution in [3.8, 4) is 0 Å². The van der Waals surface area contributed by atoms with Gasteiger partial charge in [-0.3, -0.25) is 0 Å². The van der Waals surface area contributed by atoms with E-state index in [0.717, 1.165) is 37.9 Å². The molecule has 2 atom stereocenters. The summed E-state index contributed by atoms with van der Waals surface area (Å²) < 4.78 is 0. The molecule has 0 radical (unpaired) electrons. The topological polar surface area (TPSA) is 37.0 Å². The van der Waals surface area contributed by atoms with Crippen LogP contribution in [0.1, 0.15) is 23.7 Å². The van der Waals surface area contributed by atoms with E-state index in [1.165, 1.54) is 16.4 Å². The van der Waals surface area contributed by atoms with Gasteiger partial charge < -0.3 is 10.6 Å². The molecule has 0 unspecified atom stereocenters. The van der Waals surface area contributed by atoms with Crippen molar-refractivity contribution in [1.29, 1.82) is 0 Å². The second-order valence-electron chi connectivity index (χ2n) is 4.60. The summed E-state index contributed by atoms with van der Waals surface area (Å²) in [4.78, 5) is 5.79. The second-order valence-corrected chi connectivity index (χ2v) is 5.80. The minimum absolute atomic E-state index is 0.783. The monoisotopic (exact) mass is 239 g/mol.